The molecule has 0 aliphatic heterocycles. The molecule has 3 nitrogen and oxygen atoms in total. The quantitative estimate of drug-likeness (QED) is 0.502. The molecule has 0 atom stereocenters. The van der Waals surface area contributed by atoms with E-state index in [2.05, 4.69) is 37.0 Å². The fraction of sp³-hybridized carbons (Fsp3) is 0. The number of nitrogens with zero attached hydrogens (tertiary/aromatic N) is 1. The van der Waals surface area contributed by atoms with Crippen LogP contribution in [0.4, 0.5) is 0 Å². The number of halogens is 2. The Kier molecular flexibility index (Phi) is 3.46. The predicted octanol–water partition coefficient (Wildman–Crippen LogP) is 4.28. The molecule has 0 spiro atoms. The zero-order valence-corrected chi connectivity index (χ0v) is 11.2. The number of oxime groups is 1. The molecule has 0 bridgehead atoms. The van der Waals surface area contributed by atoms with Crippen LogP contribution in [-0.4, -0.2) is 11.4 Å². The van der Waals surface area contributed by atoms with E-state index in [0.29, 0.717) is 11.5 Å². The van der Waals surface area contributed by atoms with Crippen molar-refractivity contribution in [3.05, 3.63) is 45.0 Å². The van der Waals surface area contributed by atoms with Gasteiger partial charge in [0.2, 0.25) is 0 Å². The van der Waals surface area contributed by atoms with Gasteiger partial charge in [0.1, 0.15) is 17.7 Å². The van der Waals surface area contributed by atoms with E-state index in [1.54, 1.807) is 6.07 Å². The highest BCUT2D eigenvalue weighted by Gasteiger charge is 2.07. The minimum Gasteiger partial charge on any atom is -0.455 e. The zero-order valence-electron chi connectivity index (χ0n) is 8.02. The summed E-state index contributed by atoms with van der Waals surface area (Å²) in [7, 11) is 0. The second kappa shape index (κ2) is 4.84. The minimum absolute atomic E-state index is 0.507. The highest BCUT2D eigenvalue weighted by Crippen LogP contribution is 2.31. The molecule has 0 radical (unpaired) electrons. The van der Waals surface area contributed by atoms with Crippen LogP contribution in [0.2, 0.25) is 0 Å². The van der Waals surface area contributed by atoms with Crippen LogP contribution in [0, 0.1) is 0 Å². The van der Waals surface area contributed by atoms with Gasteiger partial charge in [-0.1, -0.05) is 21.1 Å². The third kappa shape index (κ3) is 2.36. The first kappa shape index (κ1) is 11.4. The molecule has 1 heterocycles. The van der Waals surface area contributed by atoms with Crippen molar-refractivity contribution in [3.63, 3.8) is 0 Å². The first-order valence-corrected chi connectivity index (χ1v) is 6.02. The van der Waals surface area contributed by atoms with Crippen LogP contribution < -0.4 is 0 Å². The van der Waals surface area contributed by atoms with E-state index in [1.807, 2.05) is 24.3 Å². The van der Waals surface area contributed by atoms with Gasteiger partial charge in [-0.05, 0) is 46.3 Å². The van der Waals surface area contributed by atoms with Gasteiger partial charge in [-0.3, -0.25) is 0 Å². The first-order valence-electron chi connectivity index (χ1n) is 4.43. The molecule has 0 aliphatic carbocycles. The molecule has 2 rings (SSSR count). The molecular weight excluding hydrogens is 338 g/mol. The van der Waals surface area contributed by atoms with E-state index < -0.39 is 0 Å². The Morgan fingerprint density at radius 1 is 1.19 bits per heavy atom. The number of furan rings is 1. The average Bonchev–Trinajstić information content (AvgIpc) is 2.67. The van der Waals surface area contributed by atoms with Crippen LogP contribution in [0.25, 0.3) is 11.3 Å². The molecule has 5 heteroatoms. The van der Waals surface area contributed by atoms with Gasteiger partial charge in [-0.25, -0.2) is 0 Å². The second-order valence-electron chi connectivity index (χ2n) is 3.07. The molecule has 1 N–H and O–H groups in total. The molecule has 0 saturated carbocycles. The van der Waals surface area contributed by atoms with Gasteiger partial charge in [0.05, 0.1) is 0 Å². The van der Waals surface area contributed by atoms with Gasteiger partial charge in [0.25, 0.3) is 0 Å². The highest BCUT2D eigenvalue weighted by molar-refractivity contribution is 9.11. The van der Waals surface area contributed by atoms with Crippen LogP contribution >= 0.6 is 31.9 Å². The van der Waals surface area contributed by atoms with E-state index in [-0.39, 0.29) is 0 Å². The largest absolute Gasteiger partial charge is 0.455 e. The smallest absolute Gasteiger partial charge is 0.149 e. The van der Waals surface area contributed by atoms with Crippen molar-refractivity contribution in [3.8, 4) is 11.3 Å². The van der Waals surface area contributed by atoms with Gasteiger partial charge < -0.3 is 9.62 Å². The standard InChI is InChI=1S/C11H7Br2NO2/c12-7-1-3-9(10(13)5-7)11-4-2-8(16-11)6-14-15/h1-6,15H/b14-6+. The summed E-state index contributed by atoms with van der Waals surface area (Å²) in [5.74, 6) is 1.22. The Morgan fingerprint density at radius 2 is 2.00 bits per heavy atom. The van der Waals surface area contributed by atoms with Crippen LogP contribution in [-0.2, 0) is 0 Å². The van der Waals surface area contributed by atoms with Crippen molar-refractivity contribution >= 4 is 38.1 Å². The van der Waals surface area contributed by atoms with Gasteiger partial charge in [0, 0.05) is 14.5 Å². The fourth-order valence-corrected chi connectivity index (χ4v) is 2.56. The third-order valence-electron chi connectivity index (χ3n) is 2.01. The molecule has 0 saturated heterocycles. The van der Waals surface area contributed by atoms with E-state index in [4.69, 9.17) is 9.62 Å². The topological polar surface area (TPSA) is 45.7 Å². The molecule has 0 fully saturated rings. The summed E-state index contributed by atoms with van der Waals surface area (Å²) in [5, 5.41) is 11.3. The summed E-state index contributed by atoms with van der Waals surface area (Å²) >= 11 is 6.84. The average molecular weight is 345 g/mol. The molecule has 16 heavy (non-hydrogen) atoms. The Morgan fingerprint density at radius 3 is 2.69 bits per heavy atom. The lowest BCUT2D eigenvalue weighted by molar-refractivity contribution is 0.321. The Hall–Kier alpha value is -1.07. The van der Waals surface area contributed by atoms with Crippen LogP contribution in [0.1, 0.15) is 5.76 Å². The monoisotopic (exact) mass is 343 g/mol. The summed E-state index contributed by atoms with van der Waals surface area (Å²) in [6.07, 6.45) is 1.25. The second-order valence-corrected chi connectivity index (χ2v) is 4.84. The van der Waals surface area contributed by atoms with Crippen molar-refractivity contribution in [1.29, 1.82) is 0 Å². The zero-order chi connectivity index (χ0) is 11.5. The Balaban J connectivity index is 2.42. The van der Waals surface area contributed by atoms with Crippen LogP contribution in [0.15, 0.2) is 48.9 Å². The third-order valence-corrected chi connectivity index (χ3v) is 3.16. The predicted molar refractivity (Wildman–Crippen MR) is 68.9 cm³/mol. The van der Waals surface area contributed by atoms with Crippen LogP contribution in [0.3, 0.4) is 0 Å². The first-order chi connectivity index (χ1) is 7.70. The van der Waals surface area contributed by atoms with Gasteiger partial charge in [0.15, 0.2) is 0 Å². The lowest BCUT2D eigenvalue weighted by Crippen LogP contribution is -1.77. The highest BCUT2D eigenvalue weighted by atomic mass is 79.9. The summed E-state index contributed by atoms with van der Waals surface area (Å²) in [4.78, 5) is 0. The Bertz CT molecular complexity index is 535. The van der Waals surface area contributed by atoms with Crippen molar-refractivity contribution in [2.75, 3.05) is 0 Å². The van der Waals surface area contributed by atoms with Crippen molar-refractivity contribution in [2.24, 2.45) is 5.16 Å². The van der Waals surface area contributed by atoms with Crippen molar-refractivity contribution < 1.29 is 9.62 Å². The molecule has 2 aromatic rings. The maximum Gasteiger partial charge on any atom is 0.149 e. The number of rotatable bonds is 2. The van der Waals surface area contributed by atoms with Gasteiger partial charge >= 0.3 is 0 Å². The lowest BCUT2D eigenvalue weighted by Gasteiger charge is -2.01. The summed E-state index contributed by atoms with van der Waals surface area (Å²) < 4.78 is 7.40. The SMILES string of the molecule is O/N=C/c1ccc(-c2ccc(Br)cc2Br)o1. The normalized spacial score (nSPS) is 11.1. The summed E-state index contributed by atoms with van der Waals surface area (Å²) in [6.45, 7) is 0. The molecule has 82 valence electrons. The van der Waals surface area contributed by atoms with E-state index in [0.717, 1.165) is 14.5 Å². The molecular formula is C11H7Br2NO2. The molecule has 1 aromatic carbocycles. The summed E-state index contributed by atoms with van der Waals surface area (Å²) in [6, 6.07) is 9.38. The van der Waals surface area contributed by atoms with E-state index >= 15 is 0 Å². The molecule has 0 unspecified atom stereocenters. The molecule has 1 aromatic heterocycles. The van der Waals surface area contributed by atoms with Gasteiger partial charge in [-0.2, -0.15) is 0 Å². The van der Waals surface area contributed by atoms with Crippen molar-refractivity contribution in [1.82, 2.24) is 0 Å². The lowest BCUT2D eigenvalue weighted by atomic mass is 10.2. The maximum absolute atomic E-state index is 8.38. The maximum atomic E-state index is 8.38. The number of benzene rings is 1. The summed E-state index contributed by atoms with van der Waals surface area (Å²) in [5.41, 5.74) is 0.945. The number of hydrogen-bond acceptors (Lipinski definition) is 3. The van der Waals surface area contributed by atoms with Crippen LogP contribution in [0.5, 0.6) is 0 Å². The number of hydrogen-bond donors (Lipinski definition) is 1. The molecule has 0 amide bonds. The van der Waals surface area contributed by atoms with Crippen molar-refractivity contribution in [2.45, 2.75) is 0 Å². The molecule has 0 aliphatic rings. The van der Waals surface area contributed by atoms with E-state index in [9.17, 15) is 0 Å². The Labute approximate surface area is 109 Å². The van der Waals surface area contributed by atoms with Gasteiger partial charge in [-0.15, -0.1) is 0 Å². The fourth-order valence-electron chi connectivity index (χ4n) is 1.31. The van der Waals surface area contributed by atoms with E-state index in [1.165, 1.54) is 6.21 Å². The minimum atomic E-state index is 0.507.